The van der Waals surface area contributed by atoms with Gasteiger partial charge in [0.15, 0.2) is 0 Å². The third-order valence-corrected chi connectivity index (χ3v) is 6.60. The molecule has 1 saturated carbocycles. The van der Waals surface area contributed by atoms with Crippen LogP contribution in [-0.2, 0) is 27.2 Å². The maximum atomic E-state index is 12.7. The van der Waals surface area contributed by atoms with Crippen molar-refractivity contribution in [2.75, 3.05) is 25.1 Å². The second kappa shape index (κ2) is 11.5. The van der Waals surface area contributed by atoms with Crippen LogP contribution in [0.15, 0.2) is 42.5 Å². The Morgan fingerprint density at radius 1 is 1.19 bits per heavy atom. The van der Waals surface area contributed by atoms with Crippen molar-refractivity contribution in [3.8, 4) is 0 Å². The first kappa shape index (κ1) is 24.3. The van der Waals surface area contributed by atoms with Crippen molar-refractivity contribution in [2.24, 2.45) is 11.8 Å². The molecule has 0 aromatic heterocycles. The SMILES string of the molecule is Cc1ccc(NC[C@H]2C(=O)CC(Cl)[C@@H]2Cc2cccc(CCC(=O)OCCO)c2)c(C)c1. The molecule has 1 aliphatic carbocycles. The lowest BCUT2D eigenvalue weighted by atomic mass is 9.88. The van der Waals surface area contributed by atoms with Crippen molar-refractivity contribution in [1.29, 1.82) is 0 Å². The number of halogens is 1. The van der Waals surface area contributed by atoms with Gasteiger partial charge >= 0.3 is 5.97 Å². The molecule has 0 saturated heterocycles. The average molecular weight is 458 g/mol. The van der Waals surface area contributed by atoms with Crippen LogP contribution >= 0.6 is 11.6 Å². The highest BCUT2D eigenvalue weighted by Crippen LogP contribution is 2.36. The summed E-state index contributed by atoms with van der Waals surface area (Å²) in [5, 5.41) is 12.0. The molecule has 1 unspecified atom stereocenters. The van der Waals surface area contributed by atoms with E-state index in [0.29, 0.717) is 19.4 Å². The van der Waals surface area contributed by atoms with Crippen LogP contribution in [0, 0.1) is 25.7 Å². The van der Waals surface area contributed by atoms with E-state index in [2.05, 4.69) is 49.5 Å². The lowest BCUT2D eigenvalue weighted by molar-refractivity contribution is -0.144. The molecule has 0 amide bonds. The van der Waals surface area contributed by atoms with Crippen LogP contribution in [0.3, 0.4) is 0 Å². The van der Waals surface area contributed by atoms with Crippen molar-refractivity contribution in [1.82, 2.24) is 0 Å². The summed E-state index contributed by atoms with van der Waals surface area (Å²) in [6, 6.07) is 14.4. The van der Waals surface area contributed by atoms with E-state index in [1.165, 1.54) is 11.1 Å². The number of Topliss-reactive ketones (excluding diaryl/α,β-unsaturated/α-hetero) is 1. The molecule has 6 heteroatoms. The van der Waals surface area contributed by atoms with Crippen LogP contribution in [0.1, 0.15) is 35.1 Å². The van der Waals surface area contributed by atoms with Gasteiger partial charge in [-0.25, -0.2) is 0 Å². The molecular weight excluding hydrogens is 426 g/mol. The van der Waals surface area contributed by atoms with E-state index in [1.54, 1.807) is 0 Å². The Bertz CT molecular complexity index is 945. The lowest BCUT2D eigenvalue weighted by Gasteiger charge is -2.22. The number of carbonyl (C=O) groups excluding carboxylic acids is 2. The fraction of sp³-hybridized carbons (Fsp3) is 0.462. The number of alkyl halides is 1. The largest absolute Gasteiger partial charge is 0.463 e. The molecule has 3 atom stereocenters. The molecule has 0 heterocycles. The van der Waals surface area contributed by atoms with Crippen molar-refractivity contribution in [2.45, 2.75) is 44.9 Å². The lowest BCUT2D eigenvalue weighted by Crippen LogP contribution is -2.27. The highest BCUT2D eigenvalue weighted by Gasteiger charge is 2.41. The fourth-order valence-electron chi connectivity index (χ4n) is 4.42. The van der Waals surface area contributed by atoms with Gasteiger partial charge in [-0.1, -0.05) is 42.0 Å². The Morgan fingerprint density at radius 2 is 1.97 bits per heavy atom. The van der Waals surface area contributed by atoms with Gasteiger partial charge in [0.25, 0.3) is 0 Å². The number of carbonyl (C=O) groups is 2. The Balaban J connectivity index is 1.62. The molecule has 2 aromatic carbocycles. The molecule has 172 valence electrons. The normalized spacial score (nSPS) is 20.4. The number of nitrogens with one attached hydrogen (secondary N) is 1. The summed E-state index contributed by atoms with van der Waals surface area (Å²) >= 11 is 6.61. The van der Waals surface area contributed by atoms with Gasteiger partial charge in [-0.3, -0.25) is 9.59 Å². The maximum Gasteiger partial charge on any atom is 0.306 e. The molecule has 1 fully saturated rings. The highest BCUT2D eigenvalue weighted by molar-refractivity contribution is 6.23. The van der Waals surface area contributed by atoms with Gasteiger partial charge in [-0.15, -0.1) is 11.6 Å². The van der Waals surface area contributed by atoms with Crippen molar-refractivity contribution in [3.63, 3.8) is 0 Å². The predicted octanol–water partition coefficient (Wildman–Crippen LogP) is 4.24. The van der Waals surface area contributed by atoms with E-state index in [-0.39, 0.29) is 48.6 Å². The standard InChI is InChI=1S/C26H32ClNO4/c1-17-6-8-24(18(2)12-17)28-16-22-21(23(27)15-25(22)30)14-20-5-3-4-19(13-20)7-9-26(31)32-11-10-29/h3-6,8,12-13,21-23,28-29H,7,9-11,14-16H2,1-2H3/t21-,22-,23?/m1/s1. The second-order valence-corrected chi connectivity index (χ2v) is 9.18. The van der Waals surface area contributed by atoms with Crippen LogP contribution in [0.5, 0.6) is 0 Å². The highest BCUT2D eigenvalue weighted by atomic mass is 35.5. The summed E-state index contributed by atoms with van der Waals surface area (Å²) in [7, 11) is 0. The summed E-state index contributed by atoms with van der Waals surface area (Å²) in [6.45, 7) is 4.58. The number of benzene rings is 2. The van der Waals surface area contributed by atoms with E-state index < -0.39 is 0 Å². The maximum absolute atomic E-state index is 12.7. The van der Waals surface area contributed by atoms with Gasteiger partial charge < -0.3 is 15.2 Å². The van der Waals surface area contributed by atoms with E-state index in [1.807, 2.05) is 12.1 Å². The van der Waals surface area contributed by atoms with E-state index in [4.69, 9.17) is 21.4 Å². The van der Waals surface area contributed by atoms with Crippen LogP contribution in [0.4, 0.5) is 5.69 Å². The molecule has 2 N–H and O–H groups in total. The van der Waals surface area contributed by atoms with Crippen molar-refractivity contribution < 1.29 is 19.4 Å². The molecule has 32 heavy (non-hydrogen) atoms. The van der Waals surface area contributed by atoms with Gasteiger partial charge in [-0.05, 0) is 55.4 Å². The van der Waals surface area contributed by atoms with Gasteiger partial charge in [0.05, 0.1) is 6.61 Å². The number of hydrogen-bond acceptors (Lipinski definition) is 5. The van der Waals surface area contributed by atoms with Crippen LogP contribution in [-0.4, -0.2) is 42.0 Å². The zero-order valence-corrected chi connectivity index (χ0v) is 19.5. The molecule has 0 spiro atoms. The number of rotatable bonds is 10. The zero-order valence-electron chi connectivity index (χ0n) is 18.8. The van der Waals surface area contributed by atoms with Gasteiger partial charge in [0.2, 0.25) is 0 Å². The quantitative estimate of drug-likeness (QED) is 0.412. The molecule has 0 aliphatic heterocycles. The third-order valence-electron chi connectivity index (χ3n) is 6.12. The molecule has 5 nitrogen and oxygen atoms in total. The van der Waals surface area contributed by atoms with Crippen molar-refractivity contribution >= 4 is 29.0 Å². The summed E-state index contributed by atoms with van der Waals surface area (Å²) < 4.78 is 4.92. The first-order valence-corrected chi connectivity index (χ1v) is 11.6. The summed E-state index contributed by atoms with van der Waals surface area (Å²) in [4.78, 5) is 24.4. The minimum absolute atomic E-state index is 0.0310. The molecule has 0 radical (unpaired) electrons. The number of aliphatic hydroxyl groups excluding tert-OH is 1. The van der Waals surface area contributed by atoms with Crippen LogP contribution in [0.2, 0.25) is 0 Å². The van der Waals surface area contributed by atoms with Gasteiger partial charge in [-0.2, -0.15) is 0 Å². The van der Waals surface area contributed by atoms with Crippen LogP contribution in [0.25, 0.3) is 0 Å². The first-order valence-electron chi connectivity index (χ1n) is 11.2. The Hall–Kier alpha value is -2.37. The molecule has 3 rings (SSSR count). The summed E-state index contributed by atoms with van der Waals surface area (Å²) in [5.74, 6) is -0.165. The minimum atomic E-state index is -0.316. The number of aliphatic hydroxyl groups is 1. The van der Waals surface area contributed by atoms with Crippen LogP contribution < -0.4 is 5.32 Å². The predicted molar refractivity (Wildman–Crippen MR) is 127 cm³/mol. The van der Waals surface area contributed by atoms with E-state index in [9.17, 15) is 9.59 Å². The number of esters is 1. The molecular formula is C26H32ClNO4. The number of aryl methyl sites for hydroxylation is 3. The number of ketones is 1. The topological polar surface area (TPSA) is 75.6 Å². The monoisotopic (exact) mass is 457 g/mol. The van der Waals surface area contributed by atoms with Gasteiger partial charge in [0.1, 0.15) is 12.4 Å². The molecule has 0 bridgehead atoms. The zero-order chi connectivity index (χ0) is 23.1. The van der Waals surface area contributed by atoms with E-state index in [0.717, 1.165) is 23.2 Å². The number of hydrogen-bond donors (Lipinski definition) is 2. The average Bonchev–Trinajstić information content (AvgIpc) is 3.02. The fourth-order valence-corrected chi connectivity index (χ4v) is 4.83. The third kappa shape index (κ3) is 6.57. The molecule has 1 aliphatic rings. The first-order chi connectivity index (χ1) is 15.4. The van der Waals surface area contributed by atoms with Gasteiger partial charge in [0, 0.05) is 36.4 Å². The molecule has 2 aromatic rings. The Labute approximate surface area is 195 Å². The summed E-state index contributed by atoms with van der Waals surface area (Å²) in [5.41, 5.74) is 5.59. The number of anilines is 1. The second-order valence-electron chi connectivity index (χ2n) is 8.62. The Morgan fingerprint density at radius 3 is 2.72 bits per heavy atom. The Kier molecular flexibility index (Phi) is 8.71. The van der Waals surface area contributed by atoms with E-state index >= 15 is 0 Å². The minimum Gasteiger partial charge on any atom is -0.463 e. The summed E-state index contributed by atoms with van der Waals surface area (Å²) in [6.07, 6.45) is 1.97. The van der Waals surface area contributed by atoms with Crippen molar-refractivity contribution in [3.05, 3.63) is 64.7 Å². The smallest absolute Gasteiger partial charge is 0.306 e. The number of ether oxygens (including phenoxy) is 1.